The lowest BCUT2D eigenvalue weighted by Crippen LogP contribution is -2.36. The fourth-order valence-corrected chi connectivity index (χ4v) is 2.08. The van der Waals surface area contributed by atoms with E-state index in [4.69, 9.17) is 5.11 Å². The molecular formula is C11H21NO2. The number of carbonyl (C=O) groups excluding carboxylic acids is 1. The summed E-state index contributed by atoms with van der Waals surface area (Å²) in [5, 5.41) is 8.84. The van der Waals surface area contributed by atoms with Crippen molar-refractivity contribution in [2.45, 2.75) is 32.6 Å². The number of aliphatic hydroxyl groups excluding tert-OH is 1. The predicted molar refractivity (Wildman–Crippen MR) is 56.2 cm³/mol. The van der Waals surface area contributed by atoms with Crippen LogP contribution < -0.4 is 0 Å². The molecule has 3 nitrogen and oxygen atoms in total. The van der Waals surface area contributed by atoms with E-state index in [0.717, 1.165) is 32.4 Å². The van der Waals surface area contributed by atoms with Crippen molar-refractivity contribution in [3.63, 3.8) is 0 Å². The molecule has 14 heavy (non-hydrogen) atoms. The molecule has 0 spiro atoms. The Labute approximate surface area is 86.1 Å². The second kappa shape index (κ2) is 6.14. The average molecular weight is 199 g/mol. The summed E-state index contributed by atoms with van der Waals surface area (Å²) in [6.07, 6.45) is 4.07. The van der Waals surface area contributed by atoms with Gasteiger partial charge < -0.3 is 10.0 Å². The standard InChI is InChI=1S/C11H21NO2/c1-2-12(7-8-13)9-10-5-3-4-6-11(10)14/h10,13H,2-9H2,1H3. The van der Waals surface area contributed by atoms with Crippen LogP contribution in [0.1, 0.15) is 32.6 Å². The van der Waals surface area contributed by atoms with Gasteiger partial charge in [-0.1, -0.05) is 13.3 Å². The molecule has 0 saturated heterocycles. The first-order valence-corrected chi connectivity index (χ1v) is 5.63. The molecule has 1 rings (SSSR count). The summed E-state index contributed by atoms with van der Waals surface area (Å²) in [6, 6.07) is 0. The molecule has 0 bridgehead atoms. The lowest BCUT2D eigenvalue weighted by atomic mass is 9.87. The van der Waals surface area contributed by atoms with Crippen LogP contribution in [0.25, 0.3) is 0 Å². The minimum Gasteiger partial charge on any atom is -0.395 e. The molecule has 0 radical (unpaired) electrons. The molecular weight excluding hydrogens is 178 g/mol. The normalized spacial score (nSPS) is 23.1. The Morgan fingerprint density at radius 2 is 2.29 bits per heavy atom. The van der Waals surface area contributed by atoms with Crippen LogP contribution in [0.3, 0.4) is 0 Å². The van der Waals surface area contributed by atoms with Gasteiger partial charge in [0.05, 0.1) is 6.61 Å². The molecule has 0 aliphatic heterocycles. The van der Waals surface area contributed by atoms with Gasteiger partial charge in [0.15, 0.2) is 0 Å². The number of nitrogens with zero attached hydrogens (tertiary/aromatic N) is 1. The molecule has 82 valence electrons. The zero-order chi connectivity index (χ0) is 10.4. The summed E-state index contributed by atoms with van der Waals surface area (Å²) in [7, 11) is 0. The maximum Gasteiger partial charge on any atom is 0.137 e. The molecule has 3 heteroatoms. The van der Waals surface area contributed by atoms with Crippen molar-refractivity contribution < 1.29 is 9.90 Å². The number of carbonyl (C=O) groups is 1. The number of hydrogen-bond donors (Lipinski definition) is 1. The first-order valence-electron chi connectivity index (χ1n) is 5.63. The fourth-order valence-electron chi connectivity index (χ4n) is 2.08. The van der Waals surface area contributed by atoms with Crippen LogP contribution in [0, 0.1) is 5.92 Å². The Balaban J connectivity index is 2.35. The molecule has 0 amide bonds. The number of Topliss-reactive ketones (excluding diaryl/α,β-unsaturated/α-hetero) is 1. The van der Waals surface area contributed by atoms with Crippen LogP contribution in [0.2, 0.25) is 0 Å². The lowest BCUT2D eigenvalue weighted by Gasteiger charge is -2.27. The minimum atomic E-state index is 0.189. The van der Waals surface area contributed by atoms with Crippen molar-refractivity contribution in [3.8, 4) is 0 Å². The van der Waals surface area contributed by atoms with Crippen LogP contribution in [-0.2, 0) is 4.79 Å². The summed E-state index contributed by atoms with van der Waals surface area (Å²) in [5.41, 5.74) is 0. The fraction of sp³-hybridized carbons (Fsp3) is 0.909. The summed E-state index contributed by atoms with van der Waals surface area (Å²) >= 11 is 0. The van der Waals surface area contributed by atoms with E-state index < -0.39 is 0 Å². The molecule has 0 aromatic carbocycles. The van der Waals surface area contributed by atoms with Gasteiger partial charge in [-0.25, -0.2) is 0 Å². The molecule has 1 aliphatic carbocycles. The SMILES string of the molecule is CCN(CCO)CC1CCCCC1=O. The molecule has 1 fully saturated rings. The third-order valence-corrected chi connectivity index (χ3v) is 3.02. The van der Waals surface area contributed by atoms with Gasteiger partial charge in [0.25, 0.3) is 0 Å². The van der Waals surface area contributed by atoms with Crippen molar-refractivity contribution in [3.05, 3.63) is 0 Å². The Morgan fingerprint density at radius 3 is 2.86 bits per heavy atom. The number of likely N-dealkylation sites (N-methyl/N-ethyl adjacent to an activating group) is 1. The molecule has 1 aliphatic rings. The van der Waals surface area contributed by atoms with Crippen molar-refractivity contribution in [1.29, 1.82) is 0 Å². The Morgan fingerprint density at radius 1 is 1.50 bits per heavy atom. The van der Waals surface area contributed by atoms with E-state index in [1.165, 1.54) is 6.42 Å². The van der Waals surface area contributed by atoms with Gasteiger partial charge in [0.1, 0.15) is 5.78 Å². The average Bonchev–Trinajstić information content (AvgIpc) is 2.20. The van der Waals surface area contributed by atoms with Crippen molar-refractivity contribution in [2.75, 3.05) is 26.2 Å². The van der Waals surface area contributed by atoms with Gasteiger partial charge in [-0.15, -0.1) is 0 Å². The van der Waals surface area contributed by atoms with E-state index in [2.05, 4.69) is 11.8 Å². The Hall–Kier alpha value is -0.410. The van der Waals surface area contributed by atoms with Gasteiger partial charge in [-0.05, 0) is 19.4 Å². The van der Waals surface area contributed by atoms with Crippen LogP contribution in [0.5, 0.6) is 0 Å². The highest BCUT2D eigenvalue weighted by Crippen LogP contribution is 2.21. The van der Waals surface area contributed by atoms with E-state index in [1.54, 1.807) is 0 Å². The first-order chi connectivity index (χ1) is 6.77. The van der Waals surface area contributed by atoms with Gasteiger partial charge in [-0.2, -0.15) is 0 Å². The van der Waals surface area contributed by atoms with E-state index in [-0.39, 0.29) is 12.5 Å². The maximum absolute atomic E-state index is 11.6. The molecule has 0 aromatic heterocycles. The van der Waals surface area contributed by atoms with E-state index in [9.17, 15) is 4.79 Å². The minimum absolute atomic E-state index is 0.189. The third kappa shape index (κ3) is 3.39. The summed E-state index contributed by atoms with van der Waals surface area (Å²) in [6.45, 7) is 4.72. The van der Waals surface area contributed by atoms with Gasteiger partial charge in [-0.3, -0.25) is 4.79 Å². The molecule has 1 saturated carbocycles. The highest BCUT2D eigenvalue weighted by molar-refractivity contribution is 5.81. The molecule has 1 N–H and O–H groups in total. The molecule has 0 aromatic rings. The zero-order valence-electron chi connectivity index (χ0n) is 9.04. The second-order valence-electron chi connectivity index (χ2n) is 4.03. The second-order valence-corrected chi connectivity index (χ2v) is 4.03. The number of rotatable bonds is 5. The largest absolute Gasteiger partial charge is 0.395 e. The lowest BCUT2D eigenvalue weighted by molar-refractivity contribution is -0.125. The van der Waals surface area contributed by atoms with Gasteiger partial charge in [0, 0.05) is 25.4 Å². The molecule has 1 atom stereocenters. The van der Waals surface area contributed by atoms with Crippen LogP contribution >= 0.6 is 0 Å². The van der Waals surface area contributed by atoms with Crippen LogP contribution in [0.4, 0.5) is 0 Å². The zero-order valence-corrected chi connectivity index (χ0v) is 9.04. The molecule has 0 heterocycles. The van der Waals surface area contributed by atoms with Crippen molar-refractivity contribution >= 4 is 5.78 Å². The van der Waals surface area contributed by atoms with Crippen molar-refractivity contribution in [1.82, 2.24) is 4.90 Å². The summed E-state index contributed by atoms with van der Waals surface area (Å²) < 4.78 is 0. The van der Waals surface area contributed by atoms with Crippen molar-refractivity contribution in [2.24, 2.45) is 5.92 Å². The number of ketones is 1. The predicted octanol–water partition coefficient (Wildman–Crippen LogP) is 1.06. The Bertz CT molecular complexity index is 182. The number of hydrogen-bond acceptors (Lipinski definition) is 3. The third-order valence-electron chi connectivity index (χ3n) is 3.02. The van der Waals surface area contributed by atoms with Gasteiger partial charge >= 0.3 is 0 Å². The van der Waals surface area contributed by atoms with E-state index >= 15 is 0 Å². The highest BCUT2D eigenvalue weighted by Gasteiger charge is 2.23. The smallest absolute Gasteiger partial charge is 0.137 e. The van der Waals surface area contributed by atoms with E-state index in [0.29, 0.717) is 12.3 Å². The van der Waals surface area contributed by atoms with Crippen LogP contribution in [0.15, 0.2) is 0 Å². The summed E-state index contributed by atoms with van der Waals surface area (Å²) in [5.74, 6) is 0.655. The summed E-state index contributed by atoms with van der Waals surface area (Å²) in [4.78, 5) is 13.7. The van der Waals surface area contributed by atoms with E-state index in [1.807, 2.05) is 0 Å². The quantitative estimate of drug-likeness (QED) is 0.719. The first kappa shape index (κ1) is 11.7. The maximum atomic E-state index is 11.6. The van der Waals surface area contributed by atoms with Crippen LogP contribution in [-0.4, -0.2) is 42.0 Å². The Kier molecular flexibility index (Phi) is 5.12. The molecule has 1 unspecified atom stereocenters. The topological polar surface area (TPSA) is 40.5 Å². The highest BCUT2D eigenvalue weighted by atomic mass is 16.3. The number of aliphatic hydroxyl groups is 1. The monoisotopic (exact) mass is 199 g/mol. The van der Waals surface area contributed by atoms with Gasteiger partial charge in [0.2, 0.25) is 0 Å².